The maximum Gasteiger partial charge on any atom is 0.321 e. The summed E-state index contributed by atoms with van der Waals surface area (Å²) in [7, 11) is 0. The number of anilines is 1. The molecule has 1 aliphatic heterocycles. The molecule has 3 heterocycles. The number of aromatic nitrogens is 3. The van der Waals surface area contributed by atoms with Crippen LogP contribution >= 0.6 is 0 Å². The fraction of sp³-hybridized carbons (Fsp3) is 0.444. The predicted molar refractivity (Wildman–Crippen MR) is 98.9 cm³/mol. The highest BCUT2D eigenvalue weighted by Gasteiger charge is 2.21. The van der Waals surface area contributed by atoms with Crippen LogP contribution in [-0.4, -0.2) is 56.5 Å². The number of amides is 2. The number of carbonyl (C=O) groups is 1. The Labute approximate surface area is 152 Å². The van der Waals surface area contributed by atoms with Crippen molar-refractivity contribution in [2.24, 2.45) is 0 Å². The van der Waals surface area contributed by atoms with Crippen molar-refractivity contribution in [1.29, 1.82) is 0 Å². The van der Waals surface area contributed by atoms with E-state index in [1.165, 1.54) is 6.07 Å². The number of hydrogen-bond acceptors (Lipinski definition) is 5. The smallest absolute Gasteiger partial charge is 0.321 e. The van der Waals surface area contributed by atoms with Crippen LogP contribution in [0.1, 0.15) is 19.0 Å². The van der Waals surface area contributed by atoms with Gasteiger partial charge in [-0.25, -0.2) is 4.79 Å². The molecule has 0 aliphatic carbocycles. The molecule has 0 unspecified atom stereocenters. The first-order chi connectivity index (χ1) is 12.7. The van der Waals surface area contributed by atoms with E-state index in [1.54, 1.807) is 40.3 Å². The standard InChI is InChI=1S/C18H24N6O2/c1-2-7-24-14-15(3-4-17(24)25)21-18(26)23-10-8-22(9-11-23)13-16-12-19-5-6-20-16/h3-6,12,14H,2,7-11,13H2,1H3,(H,21,26). The van der Waals surface area contributed by atoms with Gasteiger partial charge in [0.25, 0.3) is 5.56 Å². The summed E-state index contributed by atoms with van der Waals surface area (Å²) in [5.41, 5.74) is 1.52. The number of urea groups is 1. The van der Waals surface area contributed by atoms with Gasteiger partial charge >= 0.3 is 6.03 Å². The minimum atomic E-state index is -0.133. The molecular weight excluding hydrogens is 332 g/mol. The summed E-state index contributed by atoms with van der Waals surface area (Å²) < 4.78 is 1.62. The van der Waals surface area contributed by atoms with E-state index < -0.39 is 0 Å². The highest BCUT2D eigenvalue weighted by Crippen LogP contribution is 2.10. The summed E-state index contributed by atoms with van der Waals surface area (Å²) in [5.74, 6) is 0. The van der Waals surface area contributed by atoms with Crippen LogP contribution in [0.4, 0.5) is 10.5 Å². The third-order valence-electron chi connectivity index (χ3n) is 4.36. The number of carbonyl (C=O) groups excluding carboxylic acids is 1. The van der Waals surface area contributed by atoms with Gasteiger partial charge in [0, 0.05) is 70.1 Å². The van der Waals surface area contributed by atoms with Crippen molar-refractivity contribution in [3.05, 3.63) is 53.0 Å². The van der Waals surface area contributed by atoms with Crippen LogP contribution in [0.3, 0.4) is 0 Å². The Hall–Kier alpha value is -2.74. The van der Waals surface area contributed by atoms with Crippen molar-refractivity contribution in [3.8, 4) is 0 Å². The maximum atomic E-state index is 12.5. The molecule has 0 aromatic carbocycles. The second kappa shape index (κ2) is 8.57. The van der Waals surface area contributed by atoms with Gasteiger partial charge in [-0.2, -0.15) is 0 Å². The van der Waals surface area contributed by atoms with E-state index in [0.717, 1.165) is 31.7 Å². The fourth-order valence-electron chi connectivity index (χ4n) is 2.97. The maximum absolute atomic E-state index is 12.5. The largest absolute Gasteiger partial charge is 0.322 e. The number of rotatable bonds is 5. The van der Waals surface area contributed by atoms with E-state index >= 15 is 0 Å². The molecule has 0 saturated carbocycles. The number of hydrogen-bond donors (Lipinski definition) is 1. The van der Waals surface area contributed by atoms with Crippen molar-refractivity contribution in [1.82, 2.24) is 24.3 Å². The summed E-state index contributed by atoms with van der Waals surface area (Å²) in [6.45, 7) is 6.28. The highest BCUT2D eigenvalue weighted by atomic mass is 16.2. The lowest BCUT2D eigenvalue weighted by molar-refractivity contribution is 0.142. The molecule has 1 saturated heterocycles. The lowest BCUT2D eigenvalue weighted by Gasteiger charge is -2.34. The van der Waals surface area contributed by atoms with Gasteiger partial charge in [-0.3, -0.25) is 19.7 Å². The molecule has 2 amide bonds. The normalized spacial score (nSPS) is 15.0. The molecule has 0 radical (unpaired) electrons. The van der Waals surface area contributed by atoms with Crippen molar-refractivity contribution in [2.75, 3.05) is 31.5 Å². The Morgan fingerprint density at radius 1 is 1.19 bits per heavy atom. The average molecular weight is 356 g/mol. The first-order valence-corrected chi connectivity index (χ1v) is 8.89. The lowest BCUT2D eigenvalue weighted by atomic mass is 10.3. The molecule has 138 valence electrons. The summed E-state index contributed by atoms with van der Waals surface area (Å²) >= 11 is 0. The van der Waals surface area contributed by atoms with Gasteiger partial charge in [0.2, 0.25) is 0 Å². The van der Waals surface area contributed by atoms with E-state index in [0.29, 0.717) is 25.3 Å². The Morgan fingerprint density at radius 3 is 2.69 bits per heavy atom. The number of nitrogens with zero attached hydrogens (tertiary/aromatic N) is 5. The molecule has 26 heavy (non-hydrogen) atoms. The summed E-state index contributed by atoms with van der Waals surface area (Å²) in [6, 6.07) is 3.01. The second-order valence-electron chi connectivity index (χ2n) is 6.34. The molecule has 0 atom stereocenters. The Kier molecular flexibility index (Phi) is 5.96. The Morgan fingerprint density at radius 2 is 2.00 bits per heavy atom. The van der Waals surface area contributed by atoms with Crippen LogP contribution < -0.4 is 10.9 Å². The quantitative estimate of drug-likeness (QED) is 0.875. The van der Waals surface area contributed by atoms with E-state index in [-0.39, 0.29) is 11.6 Å². The monoisotopic (exact) mass is 356 g/mol. The average Bonchev–Trinajstić information content (AvgIpc) is 2.66. The van der Waals surface area contributed by atoms with Gasteiger partial charge < -0.3 is 14.8 Å². The molecule has 1 N–H and O–H groups in total. The third-order valence-corrected chi connectivity index (χ3v) is 4.36. The Bertz CT molecular complexity index is 784. The number of nitrogens with one attached hydrogen (secondary N) is 1. The van der Waals surface area contributed by atoms with Crippen LogP contribution in [-0.2, 0) is 13.1 Å². The molecule has 0 bridgehead atoms. The molecule has 3 rings (SSSR count). The summed E-state index contributed by atoms with van der Waals surface area (Å²) in [4.78, 5) is 36.7. The van der Waals surface area contributed by atoms with E-state index in [4.69, 9.17) is 0 Å². The van der Waals surface area contributed by atoms with Crippen LogP contribution in [0.15, 0.2) is 41.7 Å². The molecule has 2 aromatic rings. The van der Waals surface area contributed by atoms with Crippen LogP contribution in [0.5, 0.6) is 0 Å². The fourth-order valence-corrected chi connectivity index (χ4v) is 2.97. The minimum Gasteiger partial charge on any atom is -0.322 e. The predicted octanol–water partition coefficient (Wildman–Crippen LogP) is 1.40. The zero-order chi connectivity index (χ0) is 18.4. The van der Waals surface area contributed by atoms with Crippen LogP contribution in [0, 0.1) is 0 Å². The van der Waals surface area contributed by atoms with Gasteiger partial charge in [0.1, 0.15) is 0 Å². The SMILES string of the molecule is CCCn1cc(NC(=O)N2CCN(Cc3cnccn3)CC2)ccc1=O. The van der Waals surface area contributed by atoms with Crippen molar-refractivity contribution in [2.45, 2.75) is 26.4 Å². The van der Waals surface area contributed by atoms with Crippen molar-refractivity contribution >= 4 is 11.7 Å². The minimum absolute atomic E-state index is 0.0533. The Balaban J connectivity index is 1.52. The zero-order valence-electron chi connectivity index (χ0n) is 15.0. The van der Waals surface area contributed by atoms with Crippen LogP contribution in [0.25, 0.3) is 0 Å². The topological polar surface area (TPSA) is 83.4 Å². The number of piperazine rings is 1. The van der Waals surface area contributed by atoms with E-state index in [2.05, 4.69) is 20.2 Å². The summed E-state index contributed by atoms with van der Waals surface area (Å²) in [6.07, 6.45) is 7.69. The van der Waals surface area contributed by atoms with Gasteiger partial charge in [-0.05, 0) is 12.5 Å². The molecular formula is C18H24N6O2. The molecule has 1 aliphatic rings. The molecule has 1 fully saturated rings. The van der Waals surface area contributed by atoms with Crippen molar-refractivity contribution < 1.29 is 4.79 Å². The van der Waals surface area contributed by atoms with E-state index in [1.807, 2.05) is 6.92 Å². The second-order valence-corrected chi connectivity index (χ2v) is 6.34. The van der Waals surface area contributed by atoms with Gasteiger partial charge in [-0.1, -0.05) is 6.92 Å². The lowest BCUT2D eigenvalue weighted by Crippen LogP contribution is -2.49. The first-order valence-electron chi connectivity index (χ1n) is 8.89. The summed E-state index contributed by atoms with van der Waals surface area (Å²) in [5, 5.41) is 2.89. The highest BCUT2D eigenvalue weighted by molar-refractivity contribution is 5.89. The van der Waals surface area contributed by atoms with Gasteiger partial charge in [-0.15, -0.1) is 0 Å². The van der Waals surface area contributed by atoms with Crippen molar-refractivity contribution in [3.63, 3.8) is 0 Å². The molecule has 0 spiro atoms. The molecule has 8 nitrogen and oxygen atoms in total. The van der Waals surface area contributed by atoms with Gasteiger partial charge in [0.05, 0.1) is 11.4 Å². The first kappa shape index (κ1) is 18.1. The number of pyridine rings is 1. The van der Waals surface area contributed by atoms with Gasteiger partial charge in [0.15, 0.2) is 0 Å². The zero-order valence-corrected chi connectivity index (χ0v) is 15.0. The number of aryl methyl sites for hydroxylation is 1. The molecule has 8 heteroatoms. The van der Waals surface area contributed by atoms with E-state index in [9.17, 15) is 9.59 Å². The third kappa shape index (κ3) is 4.66. The molecule has 2 aromatic heterocycles. The van der Waals surface area contributed by atoms with Crippen LogP contribution in [0.2, 0.25) is 0 Å².